The van der Waals surface area contributed by atoms with Gasteiger partial charge in [0.1, 0.15) is 12.0 Å². The summed E-state index contributed by atoms with van der Waals surface area (Å²) in [7, 11) is 0. The zero-order valence-corrected chi connectivity index (χ0v) is 16.3. The number of nitrogens with one attached hydrogen (secondary N) is 1. The van der Waals surface area contributed by atoms with Gasteiger partial charge in [-0.1, -0.05) is 32.4 Å². The van der Waals surface area contributed by atoms with Crippen LogP contribution in [0, 0.1) is 5.41 Å². The number of halogens is 1. The summed E-state index contributed by atoms with van der Waals surface area (Å²) in [6.07, 6.45) is 5.57. The van der Waals surface area contributed by atoms with E-state index in [1.165, 1.54) is 6.33 Å². The monoisotopic (exact) mass is 384 g/mol. The average Bonchev–Trinajstić information content (AvgIpc) is 3.18. The van der Waals surface area contributed by atoms with Gasteiger partial charge in [0.05, 0.1) is 34.6 Å². The predicted octanol–water partition coefficient (Wildman–Crippen LogP) is 3.63. The number of rotatable bonds is 2. The van der Waals surface area contributed by atoms with Crippen LogP contribution in [0.15, 0.2) is 23.4 Å². The van der Waals surface area contributed by atoms with E-state index >= 15 is 0 Å². The molecule has 0 amide bonds. The molecule has 4 heterocycles. The van der Waals surface area contributed by atoms with E-state index in [9.17, 15) is 4.79 Å². The van der Waals surface area contributed by atoms with Gasteiger partial charge >= 0.3 is 0 Å². The van der Waals surface area contributed by atoms with Crippen LogP contribution in [0.25, 0.3) is 22.8 Å². The van der Waals surface area contributed by atoms with Crippen molar-refractivity contribution in [2.24, 2.45) is 5.41 Å². The summed E-state index contributed by atoms with van der Waals surface area (Å²) in [4.78, 5) is 17.0. The Morgan fingerprint density at radius 1 is 1.30 bits per heavy atom. The molecule has 27 heavy (non-hydrogen) atoms. The molecule has 1 saturated carbocycles. The number of hydrogen-bond acceptors (Lipinski definition) is 4. The summed E-state index contributed by atoms with van der Waals surface area (Å²) < 4.78 is 4.16. The van der Waals surface area contributed by atoms with Crippen molar-refractivity contribution >= 4 is 11.6 Å². The Balaban J connectivity index is 1.77. The summed E-state index contributed by atoms with van der Waals surface area (Å²) in [5, 5.41) is 12.2. The van der Waals surface area contributed by atoms with Gasteiger partial charge in [-0.3, -0.25) is 14.6 Å². The molecule has 0 radical (unpaired) electrons. The molecular formula is C19H21ClN6O. The minimum atomic E-state index is -0.107. The topological polar surface area (TPSA) is 81.4 Å². The summed E-state index contributed by atoms with van der Waals surface area (Å²) >= 11 is 6.73. The highest BCUT2D eigenvalue weighted by Gasteiger charge is 2.38. The first-order valence-electron chi connectivity index (χ1n) is 9.23. The standard InChI is InChI=1S/C19H21ClN6O/c1-19(2,3)14-8-26-17(15(20)16(24-26)10-4-5-10)12-6-13(27)11(7-25(12)14)18-21-9-22-23-18/h6-7,9-10,14H,4-5,8H2,1-3H3,(H,21,22,23)/t14-/m0/s1. The van der Waals surface area contributed by atoms with Crippen molar-refractivity contribution < 1.29 is 0 Å². The molecule has 0 spiro atoms. The van der Waals surface area contributed by atoms with Gasteiger partial charge in [-0.05, 0) is 18.3 Å². The second-order valence-electron chi connectivity index (χ2n) is 8.56. The van der Waals surface area contributed by atoms with Crippen molar-refractivity contribution in [2.75, 3.05) is 0 Å². The smallest absolute Gasteiger partial charge is 0.193 e. The second kappa shape index (κ2) is 5.55. The fourth-order valence-electron chi connectivity index (χ4n) is 3.91. The number of fused-ring (bicyclic) bond motifs is 3. The lowest BCUT2D eigenvalue weighted by molar-refractivity contribution is 0.202. The van der Waals surface area contributed by atoms with E-state index in [0.717, 1.165) is 36.5 Å². The number of aromatic nitrogens is 6. The fourth-order valence-corrected chi connectivity index (χ4v) is 4.29. The molecule has 0 unspecified atom stereocenters. The molecule has 0 bridgehead atoms. The van der Waals surface area contributed by atoms with Gasteiger partial charge in [0.2, 0.25) is 0 Å². The van der Waals surface area contributed by atoms with Crippen molar-refractivity contribution in [1.29, 1.82) is 0 Å². The predicted molar refractivity (Wildman–Crippen MR) is 103 cm³/mol. The van der Waals surface area contributed by atoms with Gasteiger partial charge in [-0.2, -0.15) is 10.2 Å². The van der Waals surface area contributed by atoms with Crippen molar-refractivity contribution in [3.63, 3.8) is 0 Å². The first-order valence-corrected chi connectivity index (χ1v) is 9.61. The van der Waals surface area contributed by atoms with Crippen LogP contribution in [-0.4, -0.2) is 29.5 Å². The maximum Gasteiger partial charge on any atom is 0.193 e. The Morgan fingerprint density at radius 3 is 2.70 bits per heavy atom. The molecule has 7 nitrogen and oxygen atoms in total. The Hall–Kier alpha value is -2.41. The quantitative estimate of drug-likeness (QED) is 0.731. The highest BCUT2D eigenvalue weighted by atomic mass is 35.5. The Morgan fingerprint density at radius 2 is 2.07 bits per heavy atom. The summed E-state index contributed by atoms with van der Waals surface area (Å²) in [6, 6.07) is 1.79. The average molecular weight is 385 g/mol. The van der Waals surface area contributed by atoms with Crippen LogP contribution in [0.4, 0.5) is 0 Å². The molecule has 8 heteroatoms. The molecule has 1 atom stereocenters. The van der Waals surface area contributed by atoms with Crippen LogP contribution in [0.1, 0.15) is 51.3 Å². The lowest BCUT2D eigenvalue weighted by atomic mass is 9.85. The van der Waals surface area contributed by atoms with Crippen molar-refractivity contribution in [1.82, 2.24) is 29.5 Å². The summed E-state index contributed by atoms with van der Waals surface area (Å²) in [6.45, 7) is 7.32. The van der Waals surface area contributed by atoms with Gasteiger partial charge < -0.3 is 4.57 Å². The van der Waals surface area contributed by atoms with E-state index in [0.29, 0.717) is 22.3 Å². The molecule has 0 saturated heterocycles. The lowest BCUT2D eigenvalue weighted by Gasteiger charge is -2.38. The van der Waals surface area contributed by atoms with Gasteiger partial charge in [0.15, 0.2) is 11.3 Å². The lowest BCUT2D eigenvalue weighted by Crippen LogP contribution is -2.34. The first-order chi connectivity index (χ1) is 12.8. The van der Waals surface area contributed by atoms with E-state index in [1.807, 2.05) is 10.9 Å². The van der Waals surface area contributed by atoms with Crippen LogP contribution in [0.2, 0.25) is 5.02 Å². The molecule has 2 aliphatic rings. The minimum Gasteiger partial charge on any atom is -0.340 e. The van der Waals surface area contributed by atoms with E-state index < -0.39 is 0 Å². The van der Waals surface area contributed by atoms with Crippen molar-refractivity contribution in [3.05, 3.63) is 39.5 Å². The Labute approximate surface area is 161 Å². The molecule has 1 fully saturated rings. The molecular weight excluding hydrogens is 364 g/mol. The van der Waals surface area contributed by atoms with Crippen LogP contribution in [0.3, 0.4) is 0 Å². The highest BCUT2D eigenvalue weighted by molar-refractivity contribution is 6.33. The SMILES string of the molecule is CC(C)(C)[C@@H]1Cn2nc(C3CC3)c(Cl)c2-c2cc(=O)c(-c3ncn[nH]3)cn21. The largest absolute Gasteiger partial charge is 0.340 e. The van der Waals surface area contributed by atoms with E-state index in [1.54, 1.807) is 6.07 Å². The number of pyridine rings is 1. The Bertz CT molecular complexity index is 1080. The molecule has 0 aromatic carbocycles. The molecule has 140 valence electrons. The van der Waals surface area contributed by atoms with Crippen molar-refractivity contribution in [2.45, 2.75) is 52.1 Å². The molecule has 1 aliphatic carbocycles. The third-order valence-corrected chi connectivity index (χ3v) is 5.93. The summed E-state index contributed by atoms with van der Waals surface area (Å²) in [5.74, 6) is 0.934. The zero-order chi connectivity index (χ0) is 18.9. The van der Waals surface area contributed by atoms with Crippen LogP contribution in [0.5, 0.6) is 0 Å². The van der Waals surface area contributed by atoms with Gasteiger partial charge in [0.25, 0.3) is 0 Å². The van der Waals surface area contributed by atoms with E-state index in [4.69, 9.17) is 16.7 Å². The second-order valence-corrected chi connectivity index (χ2v) is 8.94. The summed E-state index contributed by atoms with van der Waals surface area (Å²) in [5.41, 5.74) is 3.01. The Kier molecular flexibility index (Phi) is 3.44. The van der Waals surface area contributed by atoms with E-state index in [-0.39, 0.29) is 16.9 Å². The molecule has 5 rings (SSSR count). The number of hydrogen-bond donors (Lipinski definition) is 1. The van der Waals surface area contributed by atoms with Gasteiger partial charge in [-0.15, -0.1) is 0 Å². The third-order valence-electron chi connectivity index (χ3n) is 5.56. The van der Waals surface area contributed by atoms with Gasteiger partial charge in [-0.25, -0.2) is 4.98 Å². The van der Waals surface area contributed by atoms with Crippen molar-refractivity contribution in [3.8, 4) is 22.8 Å². The molecule has 3 aromatic rings. The molecule has 1 N–H and O–H groups in total. The van der Waals surface area contributed by atoms with Crippen LogP contribution in [-0.2, 0) is 6.54 Å². The fraction of sp³-hybridized carbons (Fsp3) is 0.474. The maximum atomic E-state index is 12.8. The molecule has 1 aliphatic heterocycles. The normalized spacial score (nSPS) is 19.0. The van der Waals surface area contributed by atoms with Crippen LogP contribution < -0.4 is 5.43 Å². The molecule has 3 aromatic heterocycles. The van der Waals surface area contributed by atoms with Crippen LogP contribution >= 0.6 is 11.6 Å². The highest BCUT2D eigenvalue weighted by Crippen LogP contribution is 2.48. The minimum absolute atomic E-state index is 0.0294. The number of aromatic amines is 1. The van der Waals surface area contributed by atoms with E-state index in [2.05, 4.69) is 40.5 Å². The number of nitrogens with zero attached hydrogens (tertiary/aromatic N) is 5. The third kappa shape index (κ3) is 2.56. The first kappa shape index (κ1) is 16.7. The maximum absolute atomic E-state index is 12.8. The van der Waals surface area contributed by atoms with Gasteiger partial charge in [0, 0.05) is 18.2 Å². The number of H-pyrrole nitrogens is 1. The zero-order valence-electron chi connectivity index (χ0n) is 15.5.